The molecule has 0 aliphatic rings. The number of carbonyl (C=O) groups is 1. The Kier molecular flexibility index (Phi) is 7.24. The average Bonchev–Trinajstić information content (AvgIpc) is 3.31. The number of hydrazone groups is 1. The molecule has 172 valence electrons. The van der Waals surface area contributed by atoms with Crippen molar-refractivity contribution in [3.63, 3.8) is 0 Å². The molecule has 0 atom stereocenters. The van der Waals surface area contributed by atoms with E-state index in [4.69, 9.17) is 4.74 Å². The fourth-order valence-corrected chi connectivity index (χ4v) is 3.92. The molecule has 1 heterocycles. The molecule has 0 radical (unpaired) electrons. The number of thioether (sulfide) groups is 1. The molecule has 0 aliphatic carbocycles. The van der Waals surface area contributed by atoms with Crippen LogP contribution in [0.3, 0.4) is 0 Å². The highest BCUT2D eigenvalue weighted by molar-refractivity contribution is 7.99. The van der Waals surface area contributed by atoms with Gasteiger partial charge in [0.05, 0.1) is 18.6 Å². The molecule has 4 rings (SSSR count). The van der Waals surface area contributed by atoms with Crippen molar-refractivity contribution in [3.8, 4) is 28.6 Å². The number of phenolic OH excluding ortho intramolecular Hbond substituents is 1. The van der Waals surface area contributed by atoms with Gasteiger partial charge in [0.15, 0.2) is 11.0 Å². The van der Waals surface area contributed by atoms with Crippen LogP contribution in [0.15, 0.2) is 89.1 Å². The van der Waals surface area contributed by atoms with Crippen LogP contribution in [0.2, 0.25) is 0 Å². The Morgan fingerprint density at radius 3 is 2.41 bits per heavy atom. The van der Waals surface area contributed by atoms with Crippen molar-refractivity contribution in [2.24, 2.45) is 5.10 Å². The zero-order chi connectivity index (χ0) is 23.9. The molecule has 1 amide bonds. The molecule has 0 aliphatic heterocycles. The van der Waals surface area contributed by atoms with Gasteiger partial charge in [-0.05, 0) is 61.0 Å². The Hall–Kier alpha value is -4.11. The summed E-state index contributed by atoms with van der Waals surface area (Å²) in [6.45, 7) is 1.78. The van der Waals surface area contributed by atoms with E-state index in [1.807, 2.05) is 59.2 Å². The van der Waals surface area contributed by atoms with E-state index >= 15 is 0 Å². The molecule has 0 unspecified atom stereocenters. The van der Waals surface area contributed by atoms with Gasteiger partial charge in [-0.25, -0.2) is 5.43 Å². The van der Waals surface area contributed by atoms with Gasteiger partial charge in [-0.3, -0.25) is 9.36 Å². The molecular formula is C25H23N5O3S. The number of carbonyl (C=O) groups excluding carboxylic acids is 1. The van der Waals surface area contributed by atoms with Crippen molar-refractivity contribution in [1.82, 2.24) is 20.2 Å². The number of nitrogens with zero attached hydrogens (tertiary/aromatic N) is 4. The molecular weight excluding hydrogens is 450 g/mol. The molecule has 0 saturated heterocycles. The highest BCUT2D eigenvalue weighted by Gasteiger charge is 2.17. The highest BCUT2D eigenvalue weighted by atomic mass is 32.2. The van der Waals surface area contributed by atoms with E-state index in [0.717, 1.165) is 22.6 Å². The van der Waals surface area contributed by atoms with E-state index in [-0.39, 0.29) is 17.4 Å². The van der Waals surface area contributed by atoms with E-state index in [2.05, 4.69) is 20.7 Å². The first-order valence-corrected chi connectivity index (χ1v) is 11.4. The van der Waals surface area contributed by atoms with Crippen LogP contribution in [0.5, 0.6) is 11.5 Å². The quantitative estimate of drug-likeness (QED) is 0.225. The Morgan fingerprint density at radius 2 is 1.74 bits per heavy atom. The van der Waals surface area contributed by atoms with E-state index in [0.29, 0.717) is 16.7 Å². The first-order chi connectivity index (χ1) is 16.5. The summed E-state index contributed by atoms with van der Waals surface area (Å²) >= 11 is 1.27. The van der Waals surface area contributed by atoms with Crippen molar-refractivity contribution >= 4 is 23.4 Å². The molecule has 0 bridgehead atoms. The number of ether oxygens (including phenoxy) is 1. The number of aromatic hydroxyl groups is 1. The maximum absolute atomic E-state index is 12.5. The summed E-state index contributed by atoms with van der Waals surface area (Å²) in [5.74, 6) is 1.43. The fraction of sp³-hybridized carbons (Fsp3) is 0.120. The lowest BCUT2D eigenvalue weighted by Crippen LogP contribution is -2.21. The third kappa shape index (κ3) is 5.44. The second-order valence-electron chi connectivity index (χ2n) is 7.27. The number of aromatic nitrogens is 3. The van der Waals surface area contributed by atoms with Crippen LogP contribution in [-0.4, -0.2) is 44.4 Å². The SMILES string of the molecule is COc1ccc(-n2c(SCC(=O)N/N=C(/C)c3ccc(O)cc3)nnc2-c2ccccc2)cc1. The van der Waals surface area contributed by atoms with Crippen LogP contribution in [0, 0.1) is 0 Å². The minimum atomic E-state index is -0.270. The largest absolute Gasteiger partial charge is 0.508 e. The number of methoxy groups -OCH3 is 1. The van der Waals surface area contributed by atoms with Crippen LogP contribution in [0.4, 0.5) is 0 Å². The first kappa shape index (κ1) is 23.1. The second kappa shape index (κ2) is 10.7. The molecule has 8 nitrogen and oxygen atoms in total. The Bertz CT molecular complexity index is 1290. The normalized spacial score (nSPS) is 11.3. The minimum Gasteiger partial charge on any atom is -0.508 e. The predicted octanol–water partition coefficient (Wildman–Crippen LogP) is 4.28. The number of benzene rings is 3. The summed E-state index contributed by atoms with van der Waals surface area (Å²) in [5.41, 5.74) is 5.77. The molecule has 9 heteroatoms. The molecule has 2 N–H and O–H groups in total. The van der Waals surface area contributed by atoms with Gasteiger partial charge in [-0.15, -0.1) is 10.2 Å². The van der Waals surface area contributed by atoms with Crippen LogP contribution in [0.1, 0.15) is 12.5 Å². The van der Waals surface area contributed by atoms with Crippen LogP contribution in [0.25, 0.3) is 17.1 Å². The number of rotatable bonds is 8. The number of hydrogen-bond acceptors (Lipinski definition) is 7. The third-order valence-electron chi connectivity index (χ3n) is 4.96. The van der Waals surface area contributed by atoms with Gasteiger partial charge in [-0.1, -0.05) is 42.1 Å². The lowest BCUT2D eigenvalue weighted by Gasteiger charge is -2.11. The summed E-state index contributed by atoms with van der Waals surface area (Å²) in [4.78, 5) is 12.5. The van der Waals surface area contributed by atoms with Crippen LogP contribution in [-0.2, 0) is 4.79 Å². The summed E-state index contributed by atoms with van der Waals surface area (Å²) in [5, 5.41) is 22.9. The topological polar surface area (TPSA) is 102 Å². The van der Waals surface area contributed by atoms with Gasteiger partial charge < -0.3 is 9.84 Å². The summed E-state index contributed by atoms with van der Waals surface area (Å²) in [7, 11) is 1.62. The van der Waals surface area contributed by atoms with Crippen LogP contribution >= 0.6 is 11.8 Å². The van der Waals surface area contributed by atoms with Crippen molar-refractivity contribution in [2.75, 3.05) is 12.9 Å². The van der Waals surface area contributed by atoms with E-state index in [1.165, 1.54) is 11.8 Å². The zero-order valence-electron chi connectivity index (χ0n) is 18.7. The smallest absolute Gasteiger partial charge is 0.250 e. The lowest BCUT2D eigenvalue weighted by molar-refractivity contribution is -0.118. The summed E-state index contributed by atoms with van der Waals surface area (Å²) < 4.78 is 7.19. The maximum atomic E-state index is 12.5. The molecule has 0 saturated carbocycles. The molecule has 4 aromatic rings. The lowest BCUT2D eigenvalue weighted by atomic mass is 10.1. The minimum absolute atomic E-state index is 0.107. The fourth-order valence-electron chi connectivity index (χ4n) is 3.18. The standard InChI is InChI=1S/C25H23N5O3S/c1-17(18-8-12-21(31)13-9-18)26-27-23(32)16-34-25-29-28-24(19-6-4-3-5-7-19)30(25)20-10-14-22(33-2)15-11-20/h3-15,31H,16H2,1-2H3,(H,27,32)/b26-17-. The Morgan fingerprint density at radius 1 is 1.03 bits per heavy atom. The first-order valence-electron chi connectivity index (χ1n) is 10.5. The van der Waals surface area contributed by atoms with Gasteiger partial charge in [0.2, 0.25) is 0 Å². The van der Waals surface area contributed by atoms with Crippen molar-refractivity contribution in [1.29, 1.82) is 0 Å². The number of nitrogens with one attached hydrogen (secondary N) is 1. The van der Waals surface area contributed by atoms with Gasteiger partial charge in [0.1, 0.15) is 11.5 Å². The molecule has 1 aromatic heterocycles. The van der Waals surface area contributed by atoms with Gasteiger partial charge in [0, 0.05) is 11.3 Å². The van der Waals surface area contributed by atoms with E-state index in [1.54, 1.807) is 38.3 Å². The molecule has 3 aromatic carbocycles. The zero-order valence-corrected chi connectivity index (χ0v) is 19.5. The Balaban J connectivity index is 1.52. The van der Waals surface area contributed by atoms with Crippen molar-refractivity contribution in [2.45, 2.75) is 12.1 Å². The molecule has 0 spiro atoms. The van der Waals surface area contributed by atoms with Crippen molar-refractivity contribution in [3.05, 3.63) is 84.4 Å². The Labute approximate surface area is 201 Å². The van der Waals surface area contributed by atoms with Gasteiger partial charge in [0.25, 0.3) is 5.91 Å². The number of amides is 1. The summed E-state index contributed by atoms with van der Waals surface area (Å²) in [6.07, 6.45) is 0. The van der Waals surface area contributed by atoms with Gasteiger partial charge in [-0.2, -0.15) is 5.10 Å². The van der Waals surface area contributed by atoms with Crippen LogP contribution < -0.4 is 10.2 Å². The average molecular weight is 474 g/mol. The third-order valence-corrected chi connectivity index (χ3v) is 5.89. The highest BCUT2D eigenvalue weighted by Crippen LogP contribution is 2.28. The summed E-state index contributed by atoms with van der Waals surface area (Å²) in [6, 6.07) is 23.9. The number of hydrogen-bond donors (Lipinski definition) is 2. The monoisotopic (exact) mass is 473 g/mol. The van der Waals surface area contributed by atoms with Crippen molar-refractivity contribution < 1.29 is 14.6 Å². The second-order valence-corrected chi connectivity index (χ2v) is 8.22. The predicted molar refractivity (Wildman–Crippen MR) is 133 cm³/mol. The molecule has 34 heavy (non-hydrogen) atoms. The van der Waals surface area contributed by atoms with E-state index < -0.39 is 0 Å². The maximum Gasteiger partial charge on any atom is 0.250 e. The number of phenols is 1. The molecule has 0 fully saturated rings. The van der Waals surface area contributed by atoms with Gasteiger partial charge >= 0.3 is 0 Å². The van der Waals surface area contributed by atoms with E-state index in [9.17, 15) is 9.90 Å².